The predicted molar refractivity (Wildman–Crippen MR) is 59.7 cm³/mol. The average molecular weight is 203 g/mol. The molecule has 0 spiro atoms. The topological polar surface area (TPSA) is 30.5 Å². The third-order valence-corrected chi connectivity index (χ3v) is 1.76. The second kappa shape index (κ2) is 8.21. The smallest absolute Gasteiger partial charge is 0.0487 e. The van der Waals surface area contributed by atoms with Crippen LogP contribution in [0.25, 0.3) is 0 Å². The molecule has 86 valence electrons. The first-order valence-electron chi connectivity index (χ1n) is 5.38. The molecule has 0 rings (SSSR count). The van der Waals surface area contributed by atoms with Crippen LogP contribution in [0.15, 0.2) is 0 Å². The molecule has 0 saturated carbocycles. The summed E-state index contributed by atoms with van der Waals surface area (Å²) in [6, 6.07) is 0. The summed E-state index contributed by atoms with van der Waals surface area (Å²) in [5.41, 5.74) is 0.218. The maximum atomic E-state index is 5.43. The number of hydrogen-bond donors (Lipinski definition) is 1. The van der Waals surface area contributed by atoms with E-state index in [0.29, 0.717) is 0 Å². The molecule has 0 aromatic carbocycles. The van der Waals surface area contributed by atoms with E-state index in [4.69, 9.17) is 9.47 Å². The molecule has 0 unspecified atom stereocenters. The summed E-state index contributed by atoms with van der Waals surface area (Å²) in [5, 5.41) is 3.42. The van der Waals surface area contributed by atoms with Crippen molar-refractivity contribution in [1.29, 1.82) is 0 Å². The first kappa shape index (κ1) is 13.9. The van der Waals surface area contributed by atoms with Gasteiger partial charge in [0.05, 0.1) is 0 Å². The van der Waals surface area contributed by atoms with Crippen LogP contribution < -0.4 is 5.32 Å². The van der Waals surface area contributed by atoms with Crippen LogP contribution in [0.1, 0.15) is 33.6 Å². The van der Waals surface area contributed by atoms with Gasteiger partial charge >= 0.3 is 0 Å². The molecule has 0 atom stereocenters. The average Bonchev–Trinajstić information content (AvgIpc) is 2.08. The zero-order valence-corrected chi connectivity index (χ0v) is 10.1. The quantitative estimate of drug-likeness (QED) is 0.610. The highest BCUT2D eigenvalue weighted by Crippen LogP contribution is 1.97. The predicted octanol–water partition coefficient (Wildman–Crippen LogP) is 1.82. The summed E-state index contributed by atoms with van der Waals surface area (Å²) in [6.07, 6.45) is 2.06. The molecule has 0 bridgehead atoms. The number of ether oxygens (including phenoxy) is 2. The second-order valence-corrected chi connectivity index (χ2v) is 4.49. The van der Waals surface area contributed by atoms with Crippen molar-refractivity contribution in [2.45, 2.75) is 39.2 Å². The summed E-state index contributed by atoms with van der Waals surface area (Å²) >= 11 is 0. The van der Waals surface area contributed by atoms with Gasteiger partial charge < -0.3 is 14.8 Å². The molecule has 0 fully saturated rings. The van der Waals surface area contributed by atoms with Crippen LogP contribution in [-0.4, -0.2) is 39.0 Å². The molecule has 0 aliphatic rings. The van der Waals surface area contributed by atoms with Crippen molar-refractivity contribution in [3.05, 3.63) is 0 Å². The Hall–Kier alpha value is -0.120. The van der Waals surface area contributed by atoms with Gasteiger partial charge in [-0.3, -0.25) is 0 Å². The summed E-state index contributed by atoms with van der Waals surface area (Å²) in [4.78, 5) is 0. The van der Waals surface area contributed by atoms with Crippen molar-refractivity contribution in [3.63, 3.8) is 0 Å². The van der Waals surface area contributed by atoms with E-state index >= 15 is 0 Å². The number of nitrogens with one attached hydrogen (secondary N) is 1. The van der Waals surface area contributed by atoms with Gasteiger partial charge in [-0.1, -0.05) is 0 Å². The summed E-state index contributed by atoms with van der Waals surface area (Å²) in [7, 11) is 1.72. The summed E-state index contributed by atoms with van der Waals surface area (Å²) in [5.74, 6) is 0. The molecule has 1 N–H and O–H groups in total. The standard InChI is InChI=1S/C11H25NO2/c1-11(2,3)12-7-5-9-14-10-6-8-13-4/h12H,5-10H2,1-4H3. The van der Waals surface area contributed by atoms with E-state index < -0.39 is 0 Å². The normalized spacial score (nSPS) is 12.0. The minimum atomic E-state index is 0.218. The van der Waals surface area contributed by atoms with E-state index in [0.717, 1.165) is 39.2 Å². The van der Waals surface area contributed by atoms with Crippen molar-refractivity contribution < 1.29 is 9.47 Å². The van der Waals surface area contributed by atoms with Crippen molar-refractivity contribution in [3.8, 4) is 0 Å². The lowest BCUT2D eigenvalue weighted by molar-refractivity contribution is 0.100. The molecule has 0 heterocycles. The molecule has 0 aromatic heterocycles. The highest BCUT2D eigenvalue weighted by molar-refractivity contribution is 4.69. The lowest BCUT2D eigenvalue weighted by atomic mass is 10.1. The van der Waals surface area contributed by atoms with Crippen molar-refractivity contribution in [2.75, 3.05) is 33.5 Å². The van der Waals surface area contributed by atoms with Gasteiger partial charge in [-0.2, -0.15) is 0 Å². The zero-order valence-electron chi connectivity index (χ0n) is 10.1. The molecule has 3 nitrogen and oxygen atoms in total. The SMILES string of the molecule is COCCCOCCCNC(C)(C)C. The Morgan fingerprint density at radius 1 is 1.00 bits per heavy atom. The van der Waals surface area contributed by atoms with E-state index in [1.54, 1.807) is 7.11 Å². The Morgan fingerprint density at radius 2 is 1.64 bits per heavy atom. The third-order valence-electron chi connectivity index (χ3n) is 1.76. The Balaban J connectivity index is 2.99. The Bertz CT molecular complexity index is 121. The van der Waals surface area contributed by atoms with Crippen molar-refractivity contribution >= 4 is 0 Å². The molecular weight excluding hydrogens is 178 g/mol. The van der Waals surface area contributed by atoms with Gasteiger partial charge in [-0.25, -0.2) is 0 Å². The van der Waals surface area contributed by atoms with Gasteiger partial charge in [0.1, 0.15) is 0 Å². The fourth-order valence-corrected chi connectivity index (χ4v) is 1.05. The maximum absolute atomic E-state index is 5.43. The Morgan fingerprint density at radius 3 is 2.21 bits per heavy atom. The Labute approximate surface area is 88.2 Å². The second-order valence-electron chi connectivity index (χ2n) is 4.49. The monoisotopic (exact) mass is 203 g/mol. The Kier molecular flexibility index (Phi) is 8.14. The lowest BCUT2D eigenvalue weighted by Gasteiger charge is -2.20. The lowest BCUT2D eigenvalue weighted by Crippen LogP contribution is -2.36. The molecule has 0 aromatic rings. The van der Waals surface area contributed by atoms with Crippen molar-refractivity contribution in [2.24, 2.45) is 0 Å². The van der Waals surface area contributed by atoms with E-state index in [1.165, 1.54) is 0 Å². The van der Waals surface area contributed by atoms with E-state index in [-0.39, 0.29) is 5.54 Å². The van der Waals surface area contributed by atoms with Crippen LogP contribution in [0.5, 0.6) is 0 Å². The molecule has 0 aliphatic heterocycles. The van der Waals surface area contributed by atoms with Gasteiger partial charge in [0.2, 0.25) is 0 Å². The maximum Gasteiger partial charge on any atom is 0.0487 e. The summed E-state index contributed by atoms with van der Waals surface area (Å²) < 4.78 is 10.4. The molecule has 0 radical (unpaired) electrons. The van der Waals surface area contributed by atoms with E-state index in [1.807, 2.05) is 0 Å². The summed E-state index contributed by atoms with van der Waals surface area (Å²) in [6.45, 7) is 9.98. The minimum Gasteiger partial charge on any atom is -0.385 e. The number of hydrogen-bond acceptors (Lipinski definition) is 3. The molecule has 0 saturated heterocycles. The largest absolute Gasteiger partial charge is 0.385 e. The highest BCUT2D eigenvalue weighted by atomic mass is 16.5. The van der Waals surface area contributed by atoms with Gasteiger partial charge in [0.25, 0.3) is 0 Å². The zero-order chi connectivity index (χ0) is 10.9. The van der Waals surface area contributed by atoms with E-state index in [9.17, 15) is 0 Å². The first-order chi connectivity index (χ1) is 6.56. The van der Waals surface area contributed by atoms with Gasteiger partial charge in [0.15, 0.2) is 0 Å². The third kappa shape index (κ3) is 11.9. The van der Waals surface area contributed by atoms with Gasteiger partial charge in [-0.05, 0) is 40.2 Å². The molecule has 0 amide bonds. The van der Waals surface area contributed by atoms with Gasteiger partial charge in [-0.15, -0.1) is 0 Å². The number of methoxy groups -OCH3 is 1. The van der Waals surface area contributed by atoms with Crippen LogP contribution >= 0.6 is 0 Å². The van der Waals surface area contributed by atoms with Crippen LogP contribution in [0.3, 0.4) is 0 Å². The van der Waals surface area contributed by atoms with Crippen LogP contribution in [0, 0.1) is 0 Å². The molecule has 3 heteroatoms. The molecular formula is C11H25NO2. The fraction of sp³-hybridized carbons (Fsp3) is 1.00. The van der Waals surface area contributed by atoms with Crippen molar-refractivity contribution in [1.82, 2.24) is 5.32 Å². The highest BCUT2D eigenvalue weighted by Gasteiger charge is 2.06. The van der Waals surface area contributed by atoms with E-state index in [2.05, 4.69) is 26.1 Å². The molecule has 14 heavy (non-hydrogen) atoms. The first-order valence-corrected chi connectivity index (χ1v) is 5.38. The van der Waals surface area contributed by atoms with Crippen LogP contribution in [0.4, 0.5) is 0 Å². The molecule has 0 aliphatic carbocycles. The van der Waals surface area contributed by atoms with Crippen LogP contribution in [0.2, 0.25) is 0 Å². The number of rotatable bonds is 8. The minimum absolute atomic E-state index is 0.218. The van der Waals surface area contributed by atoms with Gasteiger partial charge in [0, 0.05) is 32.5 Å². The fourth-order valence-electron chi connectivity index (χ4n) is 1.05. The van der Waals surface area contributed by atoms with Crippen LogP contribution in [-0.2, 0) is 9.47 Å².